The average Bonchev–Trinajstić information content (AvgIpc) is 3.23. The van der Waals surface area contributed by atoms with Crippen molar-refractivity contribution in [2.45, 2.75) is 6.92 Å². The summed E-state index contributed by atoms with van der Waals surface area (Å²) in [4.78, 5) is 0. The standard InChI is InChI=1S/C17H12N4O3/c1-11-7-9-12(10-8-11)15-18-19-16(23-15)14-17(22)24-20-21(14)13-5-3-2-4-6-13/h2-10H,1H3. The van der Waals surface area contributed by atoms with Gasteiger partial charge in [-0.25, -0.2) is 0 Å². The van der Waals surface area contributed by atoms with Crippen LogP contribution in [-0.2, 0) is 0 Å². The van der Waals surface area contributed by atoms with E-state index in [1.165, 1.54) is 4.68 Å². The molecule has 0 bridgehead atoms. The second kappa shape index (κ2) is 5.62. The molecule has 0 amide bonds. The fraction of sp³-hybridized carbons (Fsp3) is 0.0588. The predicted molar refractivity (Wildman–Crippen MR) is 80.9 cm³/mol. The lowest BCUT2D eigenvalue weighted by Gasteiger charge is -1.95. The van der Waals surface area contributed by atoms with Gasteiger partial charge in [-0.1, -0.05) is 35.9 Å². The van der Waals surface area contributed by atoms with Gasteiger partial charge in [-0.05, 0) is 23.7 Å². The lowest BCUT2D eigenvalue weighted by atomic mass is 10.1. The maximum Gasteiger partial charge on any atom is 0.327 e. The molecule has 0 saturated heterocycles. The Morgan fingerprint density at radius 1 is 0.917 bits per heavy atom. The van der Waals surface area contributed by atoms with Crippen molar-refractivity contribution in [3.8, 4) is 34.7 Å². The van der Waals surface area contributed by atoms with E-state index in [1.807, 2.05) is 49.4 Å². The molecule has 0 unspecified atom stereocenters. The second-order valence-electron chi connectivity index (χ2n) is 5.23. The van der Waals surface area contributed by atoms with Crippen LogP contribution in [0.1, 0.15) is 5.56 Å². The van der Waals surface area contributed by atoms with E-state index in [4.69, 9.17) is 8.94 Å². The summed E-state index contributed by atoms with van der Waals surface area (Å²) in [5.74, 6) is -0.260. The summed E-state index contributed by atoms with van der Waals surface area (Å²) < 4.78 is 11.8. The van der Waals surface area contributed by atoms with Gasteiger partial charge in [0.05, 0.1) is 5.27 Å². The molecule has 2 aromatic heterocycles. The largest absolute Gasteiger partial charge is 0.538 e. The van der Waals surface area contributed by atoms with E-state index in [2.05, 4.69) is 15.5 Å². The SMILES string of the molecule is Cc1ccc(-c2nnc(-c3c([O-])on[n+]3-c3ccccc3)o2)cc1. The van der Waals surface area contributed by atoms with Crippen molar-refractivity contribution in [2.75, 3.05) is 0 Å². The summed E-state index contributed by atoms with van der Waals surface area (Å²) in [5, 5.41) is 23.8. The lowest BCUT2D eigenvalue weighted by Crippen LogP contribution is -2.34. The van der Waals surface area contributed by atoms with Crippen LogP contribution in [0.3, 0.4) is 0 Å². The Morgan fingerprint density at radius 2 is 1.62 bits per heavy atom. The van der Waals surface area contributed by atoms with Crippen LogP contribution in [-0.4, -0.2) is 15.5 Å². The molecule has 0 radical (unpaired) electrons. The van der Waals surface area contributed by atoms with E-state index in [1.54, 1.807) is 12.1 Å². The number of aryl methyl sites for hydroxylation is 1. The highest BCUT2D eigenvalue weighted by molar-refractivity contribution is 5.56. The second-order valence-corrected chi connectivity index (χ2v) is 5.23. The molecule has 7 nitrogen and oxygen atoms in total. The van der Waals surface area contributed by atoms with Crippen molar-refractivity contribution in [1.29, 1.82) is 0 Å². The highest BCUT2D eigenvalue weighted by Gasteiger charge is 2.27. The van der Waals surface area contributed by atoms with Gasteiger partial charge in [0.2, 0.25) is 11.6 Å². The van der Waals surface area contributed by atoms with Crippen LogP contribution in [0.15, 0.2) is 63.5 Å². The molecule has 0 saturated carbocycles. The maximum atomic E-state index is 12.0. The smallest absolute Gasteiger partial charge is 0.327 e. The van der Waals surface area contributed by atoms with E-state index in [0.29, 0.717) is 11.6 Å². The van der Waals surface area contributed by atoms with Gasteiger partial charge in [0, 0.05) is 17.7 Å². The Labute approximate surface area is 136 Å². The van der Waals surface area contributed by atoms with Crippen LogP contribution in [0.5, 0.6) is 5.95 Å². The molecule has 0 atom stereocenters. The summed E-state index contributed by atoms with van der Waals surface area (Å²) in [6.07, 6.45) is 0. The maximum absolute atomic E-state index is 12.0. The van der Waals surface area contributed by atoms with E-state index >= 15 is 0 Å². The summed E-state index contributed by atoms with van der Waals surface area (Å²) in [5.41, 5.74) is 2.65. The van der Waals surface area contributed by atoms with E-state index in [-0.39, 0.29) is 11.6 Å². The summed E-state index contributed by atoms with van der Waals surface area (Å²) in [7, 11) is 0. The number of rotatable bonds is 3. The number of para-hydroxylation sites is 1. The minimum Gasteiger partial charge on any atom is -0.538 e. The number of nitrogens with zero attached hydrogens (tertiary/aromatic N) is 4. The number of hydrogen-bond acceptors (Lipinski definition) is 6. The van der Waals surface area contributed by atoms with Crippen LogP contribution < -0.4 is 9.79 Å². The van der Waals surface area contributed by atoms with Gasteiger partial charge < -0.3 is 14.0 Å². The molecule has 7 heteroatoms. The van der Waals surface area contributed by atoms with Crippen LogP contribution >= 0.6 is 0 Å². The van der Waals surface area contributed by atoms with Crippen molar-refractivity contribution in [3.05, 3.63) is 60.2 Å². The first-order chi connectivity index (χ1) is 11.7. The zero-order chi connectivity index (χ0) is 16.5. The molecule has 24 heavy (non-hydrogen) atoms. The molecule has 0 aliphatic carbocycles. The molecule has 0 fully saturated rings. The molecule has 4 aromatic rings. The monoisotopic (exact) mass is 320 g/mol. The Hall–Kier alpha value is -3.48. The minimum atomic E-state index is -0.641. The molecule has 2 heterocycles. The Morgan fingerprint density at radius 3 is 2.38 bits per heavy atom. The van der Waals surface area contributed by atoms with Gasteiger partial charge in [0.15, 0.2) is 5.95 Å². The van der Waals surface area contributed by atoms with Crippen LogP contribution in [0.25, 0.3) is 28.7 Å². The Balaban J connectivity index is 1.78. The van der Waals surface area contributed by atoms with Crippen LogP contribution in [0.4, 0.5) is 0 Å². The third-order valence-corrected chi connectivity index (χ3v) is 3.54. The molecule has 2 aromatic carbocycles. The van der Waals surface area contributed by atoms with Gasteiger partial charge in [-0.3, -0.25) is 0 Å². The topological polar surface area (TPSA) is 91.9 Å². The quantitative estimate of drug-likeness (QED) is 0.536. The molecule has 0 spiro atoms. The van der Waals surface area contributed by atoms with E-state index in [9.17, 15) is 5.11 Å². The van der Waals surface area contributed by atoms with Crippen LogP contribution in [0.2, 0.25) is 0 Å². The molecule has 0 aliphatic rings. The number of benzene rings is 2. The zero-order valence-corrected chi connectivity index (χ0v) is 12.7. The molecule has 0 aliphatic heterocycles. The average molecular weight is 320 g/mol. The molecule has 0 N–H and O–H groups in total. The molecular formula is C17H12N4O3. The number of aromatic nitrogens is 4. The highest BCUT2D eigenvalue weighted by Crippen LogP contribution is 2.26. The van der Waals surface area contributed by atoms with Gasteiger partial charge in [0.25, 0.3) is 0 Å². The summed E-state index contributed by atoms with van der Waals surface area (Å²) in [6.45, 7) is 1.99. The minimum absolute atomic E-state index is 0.0562. The third-order valence-electron chi connectivity index (χ3n) is 3.54. The predicted octanol–water partition coefficient (Wildman–Crippen LogP) is 2.05. The highest BCUT2D eigenvalue weighted by atomic mass is 16.6. The van der Waals surface area contributed by atoms with Crippen molar-refractivity contribution in [3.63, 3.8) is 0 Å². The fourth-order valence-electron chi connectivity index (χ4n) is 2.30. The zero-order valence-electron chi connectivity index (χ0n) is 12.7. The first kappa shape index (κ1) is 14.1. The normalized spacial score (nSPS) is 10.9. The van der Waals surface area contributed by atoms with Crippen molar-refractivity contribution < 1.29 is 18.7 Å². The Bertz CT molecular complexity index is 975. The first-order valence-electron chi connectivity index (χ1n) is 7.28. The van der Waals surface area contributed by atoms with Crippen molar-refractivity contribution in [2.24, 2.45) is 0 Å². The van der Waals surface area contributed by atoms with Crippen LogP contribution in [0, 0.1) is 6.92 Å². The molecule has 4 rings (SSSR count). The van der Waals surface area contributed by atoms with Crippen molar-refractivity contribution >= 4 is 0 Å². The Kier molecular flexibility index (Phi) is 3.31. The molecule has 118 valence electrons. The number of hydrogen-bond donors (Lipinski definition) is 0. The van der Waals surface area contributed by atoms with E-state index in [0.717, 1.165) is 11.1 Å². The summed E-state index contributed by atoms with van der Waals surface area (Å²) >= 11 is 0. The van der Waals surface area contributed by atoms with E-state index < -0.39 is 5.95 Å². The van der Waals surface area contributed by atoms with Gasteiger partial charge in [0.1, 0.15) is 0 Å². The van der Waals surface area contributed by atoms with Gasteiger partial charge in [-0.15, -0.1) is 10.2 Å². The van der Waals surface area contributed by atoms with Gasteiger partial charge >= 0.3 is 11.6 Å². The lowest BCUT2D eigenvalue weighted by molar-refractivity contribution is -0.660. The van der Waals surface area contributed by atoms with Gasteiger partial charge in [-0.2, -0.15) is 0 Å². The first-order valence-corrected chi connectivity index (χ1v) is 7.28. The fourth-order valence-corrected chi connectivity index (χ4v) is 2.30. The molecular weight excluding hydrogens is 308 g/mol. The third kappa shape index (κ3) is 2.41. The van der Waals surface area contributed by atoms with Crippen molar-refractivity contribution in [1.82, 2.24) is 15.5 Å². The summed E-state index contributed by atoms with van der Waals surface area (Å²) in [6, 6.07) is 16.8.